The van der Waals surface area contributed by atoms with Gasteiger partial charge in [-0.25, -0.2) is 13.1 Å². The van der Waals surface area contributed by atoms with Gasteiger partial charge in [0.05, 0.1) is 10.5 Å². The molecule has 0 fully saturated rings. The lowest BCUT2D eigenvalue weighted by Gasteiger charge is -2.18. The number of anilines is 1. The zero-order valence-electron chi connectivity index (χ0n) is 16.0. The Morgan fingerprint density at radius 1 is 1.07 bits per heavy atom. The first-order chi connectivity index (χ1) is 13.6. The fraction of sp³-hybridized carbons (Fsp3) is 0.190. The Labute approximate surface area is 174 Å². The van der Waals surface area contributed by atoms with Crippen molar-refractivity contribution < 1.29 is 18.3 Å². The van der Waals surface area contributed by atoms with E-state index in [1.54, 1.807) is 38.1 Å². The first-order valence-corrected chi connectivity index (χ1v) is 11.3. The van der Waals surface area contributed by atoms with E-state index in [9.17, 15) is 18.3 Å². The zero-order chi connectivity index (χ0) is 21.1. The van der Waals surface area contributed by atoms with Gasteiger partial charge in [0.25, 0.3) is 5.91 Å². The number of carbonyl (C=O) groups excluding carboxylic acids is 1. The molecule has 0 bridgehead atoms. The second-order valence-corrected chi connectivity index (χ2v) is 9.82. The van der Waals surface area contributed by atoms with Gasteiger partial charge in [-0.15, -0.1) is 11.3 Å². The Morgan fingerprint density at radius 3 is 2.41 bits per heavy atom. The van der Waals surface area contributed by atoms with Gasteiger partial charge in [0.1, 0.15) is 0 Å². The molecule has 1 aromatic heterocycles. The van der Waals surface area contributed by atoms with Crippen LogP contribution in [-0.4, -0.2) is 19.4 Å². The Morgan fingerprint density at radius 2 is 1.79 bits per heavy atom. The van der Waals surface area contributed by atoms with E-state index < -0.39 is 15.6 Å². The molecule has 3 N–H and O–H groups in total. The maximum Gasteiger partial charge on any atom is 0.255 e. The summed E-state index contributed by atoms with van der Waals surface area (Å²) in [5.74, 6) is -0.367. The van der Waals surface area contributed by atoms with Gasteiger partial charge in [0.2, 0.25) is 10.0 Å². The molecule has 0 atom stereocenters. The van der Waals surface area contributed by atoms with Crippen LogP contribution in [0.1, 0.15) is 34.6 Å². The fourth-order valence-electron chi connectivity index (χ4n) is 2.63. The highest BCUT2D eigenvalue weighted by Gasteiger charge is 2.17. The number of thiophene rings is 1. The molecule has 3 rings (SSSR count). The van der Waals surface area contributed by atoms with E-state index in [-0.39, 0.29) is 17.3 Å². The summed E-state index contributed by atoms with van der Waals surface area (Å²) in [4.78, 5) is 13.5. The fourth-order valence-corrected chi connectivity index (χ4v) is 4.37. The van der Waals surface area contributed by atoms with Gasteiger partial charge in [-0.2, -0.15) is 0 Å². The third kappa shape index (κ3) is 5.51. The predicted molar refractivity (Wildman–Crippen MR) is 114 cm³/mol. The normalized spacial score (nSPS) is 12.0. The Kier molecular flexibility index (Phi) is 6.18. The van der Waals surface area contributed by atoms with Crippen molar-refractivity contribution in [3.63, 3.8) is 0 Å². The van der Waals surface area contributed by atoms with Crippen LogP contribution < -0.4 is 10.0 Å². The van der Waals surface area contributed by atoms with E-state index in [0.717, 1.165) is 4.88 Å². The number of amides is 1. The second-order valence-electron chi connectivity index (χ2n) is 7.02. The van der Waals surface area contributed by atoms with Gasteiger partial charge in [-0.3, -0.25) is 4.79 Å². The van der Waals surface area contributed by atoms with Crippen molar-refractivity contribution in [1.29, 1.82) is 0 Å². The highest BCUT2D eigenvalue weighted by Crippen LogP contribution is 2.23. The number of benzene rings is 2. The SMILES string of the molecule is CC(C)(O)c1cccc(NC(=O)c2ccc(S(=O)(=O)NCc3cccs3)cc2)c1. The summed E-state index contributed by atoms with van der Waals surface area (Å²) < 4.78 is 27.3. The minimum atomic E-state index is -3.66. The minimum absolute atomic E-state index is 0.0923. The van der Waals surface area contributed by atoms with Crippen LogP contribution in [0.25, 0.3) is 0 Å². The highest BCUT2D eigenvalue weighted by molar-refractivity contribution is 7.89. The maximum atomic E-state index is 12.5. The van der Waals surface area contributed by atoms with E-state index in [4.69, 9.17) is 0 Å². The molecule has 0 aliphatic carbocycles. The van der Waals surface area contributed by atoms with Gasteiger partial charge >= 0.3 is 0 Å². The lowest BCUT2D eigenvalue weighted by molar-refractivity contribution is 0.0786. The number of nitrogens with one attached hydrogen (secondary N) is 2. The summed E-state index contributed by atoms with van der Waals surface area (Å²) in [5, 5.41) is 14.7. The number of rotatable bonds is 7. The van der Waals surface area contributed by atoms with E-state index >= 15 is 0 Å². The molecule has 1 heterocycles. The van der Waals surface area contributed by atoms with E-state index in [0.29, 0.717) is 16.8 Å². The quantitative estimate of drug-likeness (QED) is 0.532. The van der Waals surface area contributed by atoms with E-state index in [1.807, 2.05) is 17.5 Å². The molecule has 0 spiro atoms. The van der Waals surface area contributed by atoms with Gasteiger partial charge in [0, 0.05) is 22.7 Å². The largest absolute Gasteiger partial charge is 0.386 e. The van der Waals surface area contributed by atoms with Gasteiger partial charge in [-0.05, 0) is 67.3 Å². The molecule has 0 radical (unpaired) electrons. The van der Waals surface area contributed by atoms with Crippen LogP contribution in [0.3, 0.4) is 0 Å². The molecule has 152 valence electrons. The summed E-state index contributed by atoms with van der Waals surface area (Å²) in [7, 11) is -3.66. The topological polar surface area (TPSA) is 95.5 Å². The molecule has 0 saturated carbocycles. The molecule has 1 amide bonds. The molecule has 0 aliphatic rings. The summed E-state index contributed by atoms with van der Waals surface area (Å²) >= 11 is 1.47. The Bertz CT molecular complexity index is 1080. The van der Waals surface area contributed by atoms with Crippen LogP contribution in [-0.2, 0) is 22.2 Å². The molecule has 2 aromatic carbocycles. The van der Waals surface area contributed by atoms with Crippen LogP contribution in [0.4, 0.5) is 5.69 Å². The number of hydrogen-bond donors (Lipinski definition) is 3. The maximum absolute atomic E-state index is 12.5. The standard InChI is InChI=1S/C21H22N2O4S2/c1-21(2,25)16-5-3-6-17(13-16)23-20(24)15-8-10-19(11-9-15)29(26,27)22-14-18-7-4-12-28-18/h3-13,22,25H,14H2,1-2H3,(H,23,24). The lowest BCUT2D eigenvalue weighted by Crippen LogP contribution is -2.23. The predicted octanol–water partition coefficient (Wildman–Crippen LogP) is 3.71. The molecule has 6 nitrogen and oxygen atoms in total. The van der Waals surface area contributed by atoms with E-state index in [1.165, 1.54) is 35.6 Å². The van der Waals surface area contributed by atoms with Gasteiger partial charge in [-0.1, -0.05) is 18.2 Å². The van der Waals surface area contributed by atoms with Crippen molar-refractivity contribution in [3.05, 3.63) is 82.0 Å². The lowest BCUT2D eigenvalue weighted by atomic mass is 9.98. The molecule has 8 heteroatoms. The number of aliphatic hydroxyl groups is 1. The number of sulfonamides is 1. The summed E-state index contributed by atoms with van der Waals surface area (Å²) in [6, 6.07) is 16.4. The van der Waals surface area contributed by atoms with Crippen molar-refractivity contribution in [2.75, 3.05) is 5.32 Å². The molecule has 3 aromatic rings. The van der Waals surface area contributed by atoms with Crippen LogP contribution >= 0.6 is 11.3 Å². The molecule has 0 saturated heterocycles. The summed E-state index contributed by atoms with van der Waals surface area (Å²) in [5.41, 5.74) is 0.528. The average Bonchev–Trinajstić information content (AvgIpc) is 3.20. The van der Waals surface area contributed by atoms with Crippen molar-refractivity contribution in [1.82, 2.24) is 4.72 Å². The number of hydrogen-bond acceptors (Lipinski definition) is 5. The van der Waals surface area contributed by atoms with Crippen molar-refractivity contribution in [2.45, 2.75) is 30.9 Å². The molecular formula is C21H22N2O4S2. The third-order valence-electron chi connectivity index (χ3n) is 4.27. The zero-order valence-corrected chi connectivity index (χ0v) is 17.7. The Hall–Kier alpha value is -2.52. The van der Waals surface area contributed by atoms with Crippen LogP contribution in [0.5, 0.6) is 0 Å². The molecular weight excluding hydrogens is 408 g/mol. The van der Waals surface area contributed by atoms with E-state index in [2.05, 4.69) is 10.0 Å². The highest BCUT2D eigenvalue weighted by atomic mass is 32.2. The average molecular weight is 431 g/mol. The molecule has 0 unspecified atom stereocenters. The first-order valence-electron chi connectivity index (χ1n) is 8.91. The van der Waals surface area contributed by atoms with Crippen LogP contribution in [0, 0.1) is 0 Å². The monoisotopic (exact) mass is 430 g/mol. The second kappa shape index (κ2) is 8.46. The molecule has 29 heavy (non-hydrogen) atoms. The minimum Gasteiger partial charge on any atom is -0.386 e. The van der Waals surface area contributed by atoms with Crippen molar-refractivity contribution in [2.24, 2.45) is 0 Å². The third-order valence-corrected chi connectivity index (χ3v) is 6.56. The van der Waals surface area contributed by atoms with Crippen LogP contribution in [0.2, 0.25) is 0 Å². The summed E-state index contributed by atoms with van der Waals surface area (Å²) in [6.45, 7) is 3.55. The van der Waals surface area contributed by atoms with Crippen molar-refractivity contribution in [3.8, 4) is 0 Å². The van der Waals surface area contributed by atoms with Crippen molar-refractivity contribution >= 4 is 33.0 Å². The first kappa shape index (κ1) is 21.2. The number of carbonyl (C=O) groups is 1. The van der Waals surface area contributed by atoms with Crippen LogP contribution in [0.15, 0.2) is 70.9 Å². The smallest absolute Gasteiger partial charge is 0.255 e. The Balaban J connectivity index is 1.69. The summed E-state index contributed by atoms with van der Waals surface area (Å²) in [6.07, 6.45) is 0. The van der Waals surface area contributed by atoms with Gasteiger partial charge < -0.3 is 10.4 Å². The van der Waals surface area contributed by atoms with Gasteiger partial charge in [0.15, 0.2) is 0 Å². The molecule has 0 aliphatic heterocycles.